The van der Waals surface area contributed by atoms with Crippen LogP contribution in [-0.2, 0) is 0 Å². The van der Waals surface area contributed by atoms with E-state index in [0.29, 0.717) is 28.5 Å². The van der Waals surface area contributed by atoms with Crippen LogP contribution in [0, 0.1) is 11.8 Å². The van der Waals surface area contributed by atoms with Crippen molar-refractivity contribution in [1.82, 2.24) is 10.3 Å². The number of aliphatic hydroxyl groups excluding tert-OH is 1. The van der Waals surface area contributed by atoms with Gasteiger partial charge in [0.2, 0.25) is 0 Å². The maximum atomic E-state index is 12.0. The minimum Gasteiger partial charge on any atom is -0.396 e. The third-order valence-electron chi connectivity index (χ3n) is 3.55. The molecule has 1 saturated carbocycles. The first-order valence-corrected chi connectivity index (χ1v) is 7.01. The van der Waals surface area contributed by atoms with Gasteiger partial charge in [-0.1, -0.05) is 6.42 Å². The van der Waals surface area contributed by atoms with Crippen molar-refractivity contribution in [3.63, 3.8) is 0 Å². The number of pyridine rings is 1. The lowest BCUT2D eigenvalue weighted by Gasteiger charge is -2.17. The van der Waals surface area contributed by atoms with Gasteiger partial charge in [0.15, 0.2) is 0 Å². The molecule has 1 aromatic heterocycles. The Morgan fingerprint density at radius 3 is 3.00 bits per heavy atom. The molecular formula is C13H17BrN2O2. The molecule has 2 N–H and O–H groups in total. The van der Waals surface area contributed by atoms with E-state index in [1.807, 2.05) is 0 Å². The number of nitrogens with one attached hydrogen (secondary N) is 1. The summed E-state index contributed by atoms with van der Waals surface area (Å²) in [5, 5.41) is 12.1. The highest BCUT2D eigenvalue weighted by molar-refractivity contribution is 9.10. The summed E-state index contributed by atoms with van der Waals surface area (Å²) >= 11 is 3.31. The average Bonchev–Trinajstić information content (AvgIpc) is 2.84. The minimum absolute atomic E-state index is 0.161. The predicted octanol–water partition coefficient (Wildman–Crippen LogP) is 1.98. The number of aromatic nitrogens is 1. The maximum absolute atomic E-state index is 12.0. The van der Waals surface area contributed by atoms with Crippen LogP contribution >= 0.6 is 15.9 Å². The monoisotopic (exact) mass is 312 g/mol. The first-order chi connectivity index (χ1) is 8.72. The maximum Gasteiger partial charge on any atom is 0.271 e. The van der Waals surface area contributed by atoms with Crippen molar-refractivity contribution in [3.8, 4) is 0 Å². The van der Waals surface area contributed by atoms with Crippen LogP contribution in [0.5, 0.6) is 0 Å². The van der Waals surface area contributed by atoms with Gasteiger partial charge in [0.25, 0.3) is 5.91 Å². The molecule has 1 aromatic rings. The summed E-state index contributed by atoms with van der Waals surface area (Å²) in [5.74, 6) is 0.560. The number of carbonyl (C=O) groups excluding carboxylic acids is 1. The zero-order valence-electron chi connectivity index (χ0n) is 10.1. The Bertz CT molecular complexity index is 425. The zero-order chi connectivity index (χ0) is 13.0. The molecule has 1 aliphatic rings. The van der Waals surface area contributed by atoms with E-state index in [1.54, 1.807) is 18.3 Å². The van der Waals surface area contributed by atoms with Crippen LogP contribution in [0.25, 0.3) is 0 Å². The molecule has 98 valence electrons. The van der Waals surface area contributed by atoms with Crippen molar-refractivity contribution in [1.29, 1.82) is 0 Å². The molecule has 2 unspecified atom stereocenters. The van der Waals surface area contributed by atoms with Crippen LogP contribution in [-0.4, -0.2) is 29.1 Å². The van der Waals surface area contributed by atoms with Crippen LogP contribution in [0.15, 0.2) is 22.8 Å². The lowest BCUT2D eigenvalue weighted by atomic mass is 9.97. The van der Waals surface area contributed by atoms with E-state index in [2.05, 4.69) is 26.2 Å². The van der Waals surface area contributed by atoms with Crippen molar-refractivity contribution < 1.29 is 9.90 Å². The largest absolute Gasteiger partial charge is 0.396 e. The van der Waals surface area contributed by atoms with E-state index < -0.39 is 0 Å². The summed E-state index contributed by atoms with van der Waals surface area (Å²) in [6, 6.07) is 3.58. The molecule has 1 aliphatic carbocycles. The molecule has 2 atom stereocenters. The summed E-state index contributed by atoms with van der Waals surface area (Å²) in [7, 11) is 0. The van der Waals surface area contributed by atoms with Gasteiger partial charge in [-0.15, -0.1) is 0 Å². The van der Waals surface area contributed by atoms with Gasteiger partial charge in [-0.05, 0) is 52.7 Å². The summed E-state index contributed by atoms with van der Waals surface area (Å²) < 4.78 is 0.702. The lowest BCUT2D eigenvalue weighted by Crippen LogP contribution is -2.32. The van der Waals surface area contributed by atoms with Gasteiger partial charge < -0.3 is 10.4 Å². The molecule has 1 heterocycles. The van der Waals surface area contributed by atoms with Gasteiger partial charge in [0.05, 0.1) is 0 Å². The Hall–Kier alpha value is -0.940. The molecule has 1 amide bonds. The Kier molecular flexibility index (Phi) is 4.72. The van der Waals surface area contributed by atoms with Crippen LogP contribution in [0.3, 0.4) is 0 Å². The van der Waals surface area contributed by atoms with Crippen molar-refractivity contribution in [2.75, 3.05) is 13.2 Å². The van der Waals surface area contributed by atoms with Crippen molar-refractivity contribution >= 4 is 21.8 Å². The summed E-state index contributed by atoms with van der Waals surface area (Å²) in [4.78, 5) is 16.0. The van der Waals surface area contributed by atoms with E-state index in [4.69, 9.17) is 0 Å². The van der Waals surface area contributed by atoms with Gasteiger partial charge >= 0.3 is 0 Å². The van der Waals surface area contributed by atoms with Crippen LogP contribution in [0.2, 0.25) is 0 Å². The molecule has 0 aromatic carbocycles. The van der Waals surface area contributed by atoms with Crippen molar-refractivity contribution in [2.45, 2.75) is 19.3 Å². The minimum atomic E-state index is -0.161. The van der Waals surface area contributed by atoms with Gasteiger partial charge in [-0.2, -0.15) is 0 Å². The fraction of sp³-hybridized carbons (Fsp3) is 0.538. The summed E-state index contributed by atoms with van der Waals surface area (Å²) in [6.45, 7) is 0.834. The zero-order valence-corrected chi connectivity index (χ0v) is 11.7. The number of nitrogens with zero attached hydrogens (tertiary/aromatic N) is 1. The van der Waals surface area contributed by atoms with Crippen LogP contribution < -0.4 is 5.32 Å². The second-order valence-corrected chi connectivity index (χ2v) is 5.53. The van der Waals surface area contributed by atoms with Crippen LogP contribution in [0.1, 0.15) is 29.8 Å². The van der Waals surface area contributed by atoms with Crippen molar-refractivity contribution in [3.05, 3.63) is 28.5 Å². The van der Waals surface area contributed by atoms with Gasteiger partial charge in [-0.25, -0.2) is 4.98 Å². The fourth-order valence-electron chi connectivity index (χ4n) is 2.48. The first-order valence-electron chi connectivity index (χ1n) is 6.22. The number of carbonyl (C=O) groups is 1. The number of aliphatic hydroxyl groups is 1. The second kappa shape index (κ2) is 6.29. The van der Waals surface area contributed by atoms with E-state index in [-0.39, 0.29) is 12.5 Å². The quantitative estimate of drug-likeness (QED) is 0.893. The molecule has 0 bridgehead atoms. The first kappa shape index (κ1) is 13.5. The molecule has 1 fully saturated rings. The van der Waals surface area contributed by atoms with E-state index in [9.17, 15) is 9.90 Å². The Labute approximate surface area is 115 Å². The lowest BCUT2D eigenvalue weighted by molar-refractivity contribution is 0.0932. The fourth-order valence-corrected chi connectivity index (χ4v) is 2.92. The summed E-state index contributed by atoms with van der Waals surface area (Å²) in [5.41, 5.74) is 0.413. The van der Waals surface area contributed by atoms with Crippen molar-refractivity contribution in [2.24, 2.45) is 11.8 Å². The molecule has 18 heavy (non-hydrogen) atoms. The third kappa shape index (κ3) is 3.09. The van der Waals surface area contributed by atoms with Gasteiger partial charge in [0.1, 0.15) is 5.69 Å². The average molecular weight is 313 g/mol. The molecule has 2 rings (SSSR count). The molecule has 0 aliphatic heterocycles. The normalized spacial score (nSPS) is 23.0. The highest BCUT2D eigenvalue weighted by Gasteiger charge is 2.27. The number of rotatable bonds is 4. The molecule has 5 heteroatoms. The molecule has 0 spiro atoms. The molecule has 0 radical (unpaired) electrons. The third-order valence-corrected chi connectivity index (χ3v) is 4.19. The van der Waals surface area contributed by atoms with Gasteiger partial charge in [0, 0.05) is 23.8 Å². The Balaban J connectivity index is 1.91. The van der Waals surface area contributed by atoms with Crippen LogP contribution in [0.4, 0.5) is 0 Å². The van der Waals surface area contributed by atoms with Gasteiger partial charge in [-0.3, -0.25) is 4.79 Å². The predicted molar refractivity (Wildman–Crippen MR) is 72.2 cm³/mol. The highest BCUT2D eigenvalue weighted by atomic mass is 79.9. The smallest absolute Gasteiger partial charge is 0.271 e. The number of amides is 1. The Morgan fingerprint density at radius 1 is 1.50 bits per heavy atom. The number of halogens is 1. The number of hydrogen-bond acceptors (Lipinski definition) is 3. The van der Waals surface area contributed by atoms with E-state index >= 15 is 0 Å². The number of hydrogen-bond donors (Lipinski definition) is 2. The molecule has 4 nitrogen and oxygen atoms in total. The highest BCUT2D eigenvalue weighted by Crippen LogP contribution is 2.30. The second-order valence-electron chi connectivity index (χ2n) is 4.68. The topological polar surface area (TPSA) is 62.2 Å². The SMILES string of the molecule is O=C(NCC1CCCC1CO)c1ncccc1Br. The molecular weight excluding hydrogens is 296 g/mol. The Morgan fingerprint density at radius 2 is 2.28 bits per heavy atom. The van der Waals surface area contributed by atoms with E-state index in [0.717, 1.165) is 19.3 Å². The molecule has 0 saturated heterocycles. The summed E-state index contributed by atoms with van der Waals surface area (Å²) in [6.07, 6.45) is 4.88. The standard InChI is InChI=1S/C13H17BrN2O2/c14-11-5-2-6-15-12(11)13(18)16-7-9-3-1-4-10(9)8-17/h2,5-6,9-10,17H,1,3-4,7-8H2,(H,16,18). The van der Waals surface area contributed by atoms with E-state index in [1.165, 1.54) is 0 Å².